The molecule has 3 aromatic heterocycles. The lowest BCUT2D eigenvalue weighted by Crippen LogP contribution is -2.34. The highest BCUT2D eigenvalue weighted by Crippen LogP contribution is 2.53. The van der Waals surface area contributed by atoms with Crippen molar-refractivity contribution in [3.05, 3.63) is 64.4 Å². The Morgan fingerprint density at radius 2 is 2.03 bits per heavy atom. The number of hydrogen-bond acceptors (Lipinski definition) is 5. The van der Waals surface area contributed by atoms with Gasteiger partial charge in [0.25, 0.3) is 5.56 Å². The topological polar surface area (TPSA) is 99.5 Å². The Bertz CT molecular complexity index is 1480. The molecule has 0 unspecified atom stereocenters. The number of aromatic nitrogens is 3. The van der Waals surface area contributed by atoms with Gasteiger partial charge in [-0.1, -0.05) is 20.8 Å². The molecule has 0 bridgehead atoms. The van der Waals surface area contributed by atoms with E-state index in [1.54, 1.807) is 21.7 Å². The van der Waals surface area contributed by atoms with Gasteiger partial charge in [0.05, 0.1) is 17.6 Å². The van der Waals surface area contributed by atoms with E-state index < -0.39 is 17.6 Å². The first-order chi connectivity index (χ1) is 15.8. The first kappa shape index (κ1) is 19.8. The average Bonchev–Trinajstić information content (AvgIpc) is 3.23. The van der Waals surface area contributed by atoms with Crippen LogP contribution in [0.25, 0.3) is 27.9 Å². The van der Waals surface area contributed by atoms with Crippen molar-refractivity contribution in [2.45, 2.75) is 45.8 Å². The predicted molar refractivity (Wildman–Crippen MR) is 121 cm³/mol. The van der Waals surface area contributed by atoms with Crippen molar-refractivity contribution < 1.29 is 19.1 Å². The van der Waals surface area contributed by atoms with Gasteiger partial charge >= 0.3 is 5.97 Å². The van der Waals surface area contributed by atoms with Gasteiger partial charge in [-0.05, 0) is 37.1 Å². The highest BCUT2D eigenvalue weighted by molar-refractivity contribution is 5.98. The van der Waals surface area contributed by atoms with Crippen LogP contribution in [0.1, 0.15) is 61.7 Å². The molecule has 2 aliphatic rings. The summed E-state index contributed by atoms with van der Waals surface area (Å²) in [5.74, 6) is -0.662. The number of fused-ring (bicyclic) bond motifs is 5. The maximum absolute atomic E-state index is 13.4. The first-order valence-corrected chi connectivity index (χ1v) is 11.0. The second-order valence-electron chi connectivity index (χ2n) is 9.82. The minimum absolute atomic E-state index is 0.0300. The molecule has 0 amide bonds. The van der Waals surface area contributed by atoms with Crippen molar-refractivity contribution in [1.82, 2.24) is 14.3 Å². The van der Waals surface area contributed by atoms with Crippen LogP contribution in [0.2, 0.25) is 0 Å². The van der Waals surface area contributed by atoms with E-state index in [9.17, 15) is 14.7 Å². The SMILES string of the molecule is CC(C)(C)[C@@H]1Oc2c(cc(-n3cccn3)c3ccoc23)-c2c1cc(C(=O)O)c(=O)n2C1CC1. The van der Waals surface area contributed by atoms with Gasteiger partial charge in [0.2, 0.25) is 0 Å². The third kappa shape index (κ3) is 2.86. The van der Waals surface area contributed by atoms with E-state index in [-0.39, 0.29) is 17.0 Å². The predicted octanol–water partition coefficient (Wildman–Crippen LogP) is 4.96. The fourth-order valence-corrected chi connectivity index (χ4v) is 4.78. The summed E-state index contributed by atoms with van der Waals surface area (Å²) in [5, 5.41) is 15.0. The van der Waals surface area contributed by atoms with E-state index in [1.165, 1.54) is 6.07 Å². The van der Waals surface area contributed by atoms with Crippen molar-refractivity contribution in [2.24, 2.45) is 5.41 Å². The molecule has 1 atom stereocenters. The zero-order chi connectivity index (χ0) is 23.1. The molecule has 168 valence electrons. The van der Waals surface area contributed by atoms with Crippen molar-refractivity contribution in [3.8, 4) is 22.7 Å². The van der Waals surface area contributed by atoms with Gasteiger partial charge in [-0.3, -0.25) is 4.79 Å². The summed E-state index contributed by atoms with van der Waals surface area (Å²) in [4.78, 5) is 25.3. The molecule has 1 saturated carbocycles. The van der Waals surface area contributed by atoms with Crippen molar-refractivity contribution >= 4 is 16.9 Å². The first-order valence-electron chi connectivity index (χ1n) is 11.0. The molecule has 6 rings (SSSR count). The number of carboxylic acid groups (broad SMARTS) is 1. The fraction of sp³-hybridized carbons (Fsp3) is 0.320. The van der Waals surface area contributed by atoms with Crippen molar-refractivity contribution in [1.29, 1.82) is 0 Å². The largest absolute Gasteiger partial charge is 0.480 e. The van der Waals surface area contributed by atoms with E-state index in [4.69, 9.17) is 9.15 Å². The molecule has 0 radical (unpaired) electrons. The second-order valence-corrected chi connectivity index (χ2v) is 9.82. The fourth-order valence-electron chi connectivity index (χ4n) is 4.78. The van der Waals surface area contributed by atoms with Crippen molar-refractivity contribution in [2.75, 3.05) is 0 Å². The molecule has 0 spiro atoms. The minimum atomic E-state index is -1.23. The highest BCUT2D eigenvalue weighted by atomic mass is 16.5. The number of furan rings is 1. The number of carbonyl (C=O) groups is 1. The van der Waals surface area contributed by atoms with Gasteiger partial charge in [-0.15, -0.1) is 0 Å². The summed E-state index contributed by atoms with van der Waals surface area (Å²) in [6.07, 6.45) is 6.36. The van der Waals surface area contributed by atoms with Gasteiger partial charge in [0, 0.05) is 40.4 Å². The molecule has 8 heteroatoms. The Balaban J connectivity index is 1.76. The standard InChI is InChI=1S/C25H23N3O5/c1-25(2,3)22-16-11-17(24(30)31)23(29)28(13-5-6-13)19(16)15-12-18(27-9-4-8-26-27)14-7-10-32-20(14)21(15)33-22/h4,7-13,22H,5-6H2,1-3H3,(H,30,31)/t22-/m1/s1. The molecule has 0 saturated heterocycles. The third-order valence-corrected chi connectivity index (χ3v) is 6.39. The Labute approximate surface area is 189 Å². The van der Waals surface area contributed by atoms with Crippen molar-refractivity contribution in [3.63, 3.8) is 0 Å². The quantitative estimate of drug-likeness (QED) is 0.478. The second kappa shape index (κ2) is 6.60. The molecular weight excluding hydrogens is 422 g/mol. The van der Waals surface area contributed by atoms with Crippen LogP contribution in [0.15, 0.2) is 52.1 Å². The molecule has 1 N–H and O–H groups in total. The van der Waals surface area contributed by atoms with E-state index in [2.05, 4.69) is 5.10 Å². The number of rotatable bonds is 3. The zero-order valence-electron chi connectivity index (χ0n) is 18.5. The molecular formula is C25H23N3O5. The van der Waals surface area contributed by atoms with Crippen LogP contribution < -0.4 is 10.3 Å². The highest BCUT2D eigenvalue weighted by Gasteiger charge is 2.42. The Kier molecular flexibility index (Phi) is 3.97. The summed E-state index contributed by atoms with van der Waals surface area (Å²) in [7, 11) is 0. The van der Waals surface area contributed by atoms with Gasteiger partial charge in [-0.2, -0.15) is 5.10 Å². The van der Waals surface area contributed by atoms with E-state index >= 15 is 0 Å². The molecule has 4 aromatic rings. The van der Waals surface area contributed by atoms with Gasteiger partial charge in [0.15, 0.2) is 11.3 Å². The minimum Gasteiger partial charge on any atom is -0.480 e. The number of benzene rings is 1. The maximum Gasteiger partial charge on any atom is 0.341 e. The van der Waals surface area contributed by atoms with E-state index in [1.807, 2.05) is 45.2 Å². The number of nitrogens with zero attached hydrogens (tertiary/aromatic N) is 3. The van der Waals surface area contributed by atoms with Gasteiger partial charge in [0.1, 0.15) is 11.7 Å². The lowest BCUT2D eigenvalue weighted by molar-refractivity contribution is 0.0688. The zero-order valence-corrected chi connectivity index (χ0v) is 18.5. The van der Waals surface area contributed by atoms with Gasteiger partial charge < -0.3 is 18.8 Å². The lowest BCUT2D eigenvalue weighted by Gasteiger charge is -2.38. The average molecular weight is 445 g/mol. The van der Waals surface area contributed by atoms with Crippen LogP contribution in [-0.2, 0) is 0 Å². The van der Waals surface area contributed by atoms with Crippen LogP contribution in [0.4, 0.5) is 0 Å². The normalized spacial score (nSPS) is 17.5. The summed E-state index contributed by atoms with van der Waals surface area (Å²) in [5.41, 5.74) is 2.42. The van der Waals surface area contributed by atoms with Crippen LogP contribution in [0.3, 0.4) is 0 Å². The van der Waals surface area contributed by atoms with E-state index in [0.29, 0.717) is 28.2 Å². The summed E-state index contributed by atoms with van der Waals surface area (Å²) in [6, 6.07) is 7.13. The summed E-state index contributed by atoms with van der Waals surface area (Å²) in [6.45, 7) is 6.12. The van der Waals surface area contributed by atoms with Crippen LogP contribution in [-0.4, -0.2) is 25.4 Å². The van der Waals surface area contributed by atoms with Crippen LogP contribution >= 0.6 is 0 Å². The summed E-state index contributed by atoms with van der Waals surface area (Å²) < 4.78 is 15.9. The molecule has 8 nitrogen and oxygen atoms in total. The molecule has 1 aromatic carbocycles. The molecule has 33 heavy (non-hydrogen) atoms. The number of pyridine rings is 1. The van der Waals surface area contributed by atoms with Crippen LogP contribution in [0, 0.1) is 5.41 Å². The summed E-state index contributed by atoms with van der Waals surface area (Å²) >= 11 is 0. The lowest BCUT2D eigenvalue weighted by atomic mass is 9.80. The van der Waals surface area contributed by atoms with Gasteiger partial charge in [-0.25, -0.2) is 9.48 Å². The molecule has 4 heterocycles. The Morgan fingerprint density at radius 1 is 1.24 bits per heavy atom. The number of ether oxygens (including phenoxy) is 1. The Morgan fingerprint density at radius 3 is 2.67 bits per heavy atom. The number of aromatic carboxylic acids is 1. The maximum atomic E-state index is 13.4. The Hall–Kier alpha value is -3.81. The molecule has 1 aliphatic heterocycles. The monoisotopic (exact) mass is 445 g/mol. The number of hydrogen-bond donors (Lipinski definition) is 1. The van der Waals surface area contributed by atoms with Crippen LogP contribution in [0.5, 0.6) is 5.75 Å². The van der Waals surface area contributed by atoms with E-state index in [0.717, 1.165) is 23.9 Å². The molecule has 1 aliphatic carbocycles. The number of carboxylic acids is 1. The third-order valence-electron chi connectivity index (χ3n) is 6.39. The smallest absolute Gasteiger partial charge is 0.341 e. The molecule has 1 fully saturated rings.